The minimum atomic E-state index is 0.467. The van der Waals surface area contributed by atoms with Crippen LogP contribution in [0.1, 0.15) is 5.69 Å². The average Bonchev–Trinajstić information content (AvgIpc) is 2.66. The highest BCUT2D eigenvalue weighted by Gasteiger charge is 2.03. The van der Waals surface area contributed by atoms with Crippen molar-refractivity contribution in [2.45, 2.75) is 6.54 Å². The van der Waals surface area contributed by atoms with Gasteiger partial charge in [-0.15, -0.1) is 0 Å². The van der Waals surface area contributed by atoms with E-state index in [-0.39, 0.29) is 0 Å². The molecule has 0 radical (unpaired) electrons. The fourth-order valence-corrected chi connectivity index (χ4v) is 1.53. The molecule has 0 fully saturated rings. The van der Waals surface area contributed by atoms with Gasteiger partial charge in [0.05, 0.1) is 5.69 Å². The highest BCUT2D eigenvalue weighted by molar-refractivity contribution is 9.10. The summed E-state index contributed by atoms with van der Waals surface area (Å²) in [6.45, 7) is 0.467. The molecule has 0 atom stereocenters. The molecule has 14 heavy (non-hydrogen) atoms. The average molecular weight is 253 g/mol. The lowest BCUT2D eigenvalue weighted by Crippen LogP contribution is -1.95. The summed E-state index contributed by atoms with van der Waals surface area (Å²) in [6.07, 6.45) is 3.50. The standard InChI is InChI=1S/C9H9BrN4/c10-7-1-6(4-12-5-7)9-2-8(3-11)13-14-9/h1-2,4-5H,3,11H2,(H,13,14). The van der Waals surface area contributed by atoms with E-state index in [1.165, 1.54) is 0 Å². The van der Waals surface area contributed by atoms with Crippen molar-refractivity contribution in [2.75, 3.05) is 0 Å². The Morgan fingerprint density at radius 2 is 2.21 bits per heavy atom. The number of nitrogens with two attached hydrogens (primary N) is 1. The molecule has 0 aliphatic heterocycles. The summed E-state index contributed by atoms with van der Waals surface area (Å²) in [5.41, 5.74) is 8.22. The summed E-state index contributed by atoms with van der Waals surface area (Å²) in [5.74, 6) is 0. The summed E-state index contributed by atoms with van der Waals surface area (Å²) in [6, 6.07) is 3.88. The molecule has 2 rings (SSSR count). The number of H-pyrrole nitrogens is 1. The Balaban J connectivity index is 2.39. The molecule has 0 spiro atoms. The molecule has 0 saturated carbocycles. The third-order valence-corrected chi connectivity index (χ3v) is 2.29. The van der Waals surface area contributed by atoms with E-state index in [1.807, 2.05) is 12.1 Å². The molecule has 0 amide bonds. The van der Waals surface area contributed by atoms with E-state index >= 15 is 0 Å². The maximum atomic E-state index is 5.47. The molecule has 4 nitrogen and oxygen atoms in total. The van der Waals surface area contributed by atoms with Crippen LogP contribution < -0.4 is 5.73 Å². The molecule has 3 N–H and O–H groups in total. The van der Waals surface area contributed by atoms with E-state index in [0.29, 0.717) is 6.54 Å². The zero-order valence-electron chi connectivity index (χ0n) is 7.37. The number of rotatable bonds is 2. The van der Waals surface area contributed by atoms with Gasteiger partial charge in [0.15, 0.2) is 0 Å². The predicted octanol–water partition coefficient (Wildman–Crippen LogP) is 1.69. The molecule has 0 aliphatic rings. The van der Waals surface area contributed by atoms with Gasteiger partial charge in [0, 0.05) is 34.7 Å². The summed E-state index contributed by atoms with van der Waals surface area (Å²) < 4.78 is 0.937. The molecule has 0 saturated heterocycles. The zero-order valence-corrected chi connectivity index (χ0v) is 8.95. The second-order valence-electron chi connectivity index (χ2n) is 2.87. The Hall–Kier alpha value is -1.20. The minimum Gasteiger partial charge on any atom is -0.325 e. The third-order valence-electron chi connectivity index (χ3n) is 1.85. The van der Waals surface area contributed by atoms with Crippen molar-refractivity contribution in [2.24, 2.45) is 5.73 Å². The van der Waals surface area contributed by atoms with Gasteiger partial charge in [-0.25, -0.2) is 0 Å². The van der Waals surface area contributed by atoms with Crippen molar-refractivity contribution in [1.29, 1.82) is 0 Å². The van der Waals surface area contributed by atoms with Crippen LogP contribution in [0.25, 0.3) is 11.3 Å². The van der Waals surface area contributed by atoms with E-state index in [0.717, 1.165) is 21.4 Å². The molecule has 72 valence electrons. The lowest BCUT2D eigenvalue weighted by Gasteiger charge is -1.94. The molecular weight excluding hydrogens is 244 g/mol. The molecule has 0 bridgehead atoms. The highest BCUT2D eigenvalue weighted by atomic mass is 79.9. The lowest BCUT2D eigenvalue weighted by atomic mass is 10.2. The number of aromatic nitrogens is 3. The van der Waals surface area contributed by atoms with E-state index in [4.69, 9.17) is 5.73 Å². The van der Waals surface area contributed by atoms with Crippen molar-refractivity contribution in [3.05, 3.63) is 34.7 Å². The fraction of sp³-hybridized carbons (Fsp3) is 0.111. The summed E-state index contributed by atoms with van der Waals surface area (Å²) in [4.78, 5) is 4.06. The van der Waals surface area contributed by atoms with Crippen molar-refractivity contribution in [3.63, 3.8) is 0 Å². The van der Waals surface area contributed by atoms with Crippen LogP contribution in [0, 0.1) is 0 Å². The quantitative estimate of drug-likeness (QED) is 0.855. The van der Waals surface area contributed by atoms with Crippen molar-refractivity contribution in [3.8, 4) is 11.3 Å². The molecule has 5 heteroatoms. The topological polar surface area (TPSA) is 67.6 Å². The van der Waals surface area contributed by atoms with Gasteiger partial charge in [-0.1, -0.05) is 0 Å². The summed E-state index contributed by atoms with van der Waals surface area (Å²) >= 11 is 3.36. The normalized spacial score (nSPS) is 10.4. The Morgan fingerprint density at radius 3 is 2.86 bits per heavy atom. The highest BCUT2D eigenvalue weighted by Crippen LogP contribution is 2.19. The first kappa shape index (κ1) is 9.36. The van der Waals surface area contributed by atoms with Crippen LogP contribution in [0.4, 0.5) is 0 Å². The maximum absolute atomic E-state index is 5.47. The Labute approximate surface area is 89.7 Å². The van der Waals surface area contributed by atoms with Gasteiger partial charge >= 0.3 is 0 Å². The van der Waals surface area contributed by atoms with E-state index in [1.54, 1.807) is 12.4 Å². The Bertz CT molecular complexity index is 438. The van der Waals surface area contributed by atoms with E-state index in [2.05, 4.69) is 31.1 Å². The van der Waals surface area contributed by atoms with Crippen LogP contribution in [-0.2, 0) is 6.54 Å². The number of hydrogen-bond acceptors (Lipinski definition) is 3. The number of nitrogens with zero attached hydrogens (tertiary/aromatic N) is 2. The first-order chi connectivity index (χ1) is 6.79. The van der Waals surface area contributed by atoms with Crippen LogP contribution in [0.15, 0.2) is 29.0 Å². The van der Waals surface area contributed by atoms with E-state index < -0.39 is 0 Å². The molecule has 0 aromatic carbocycles. The van der Waals surface area contributed by atoms with Gasteiger partial charge in [0.2, 0.25) is 0 Å². The first-order valence-electron chi connectivity index (χ1n) is 4.15. The number of nitrogens with one attached hydrogen (secondary N) is 1. The van der Waals surface area contributed by atoms with Gasteiger partial charge in [-0.05, 0) is 28.1 Å². The van der Waals surface area contributed by atoms with Gasteiger partial charge < -0.3 is 5.73 Å². The number of pyridine rings is 1. The smallest absolute Gasteiger partial charge is 0.0939 e. The molecule has 2 heterocycles. The SMILES string of the molecule is NCc1cc(-c2cncc(Br)c2)n[nH]1. The summed E-state index contributed by atoms with van der Waals surface area (Å²) in [7, 11) is 0. The third kappa shape index (κ3) is 1.83. The Morgan fingerprint density at radius 1 is 1.36 bits per heavy atom. The van der Waals surface area contributed by atoms with Crippen LogP contribution >= 0.6 is 15.9 Å². The molecular formula is C9H9BrN4. The zero-order chi connectivity index (χ0) is 9.97. The van der Waals surface area contributed by atoms with Crippen LogP contribution in [-0.4, -0.2) is 15.2 Å². The molecule has 2 aromatic rings. The van der Waals surface area contributed by atoms with E-state index in [9.17, 15) is 0 Å². The second-order valence-corrected chi connectivity index (χ2v) is 3.79. The van der Waals surface area contributed by atoms with Crippen molar-refractivity contribution >= 4 is 15.9 Å². The van der Waals surface area contributed by atoms with Gasteiger partial charge in [0.25, 0.3) is 0 Å². The monoisotopic (exact) mass is 252 g/mol. The Kier molecular flexibility index (Phi) is 2.60. The van der Waals surface area contributed by atoms with Crippen molar-refractivity contribution in [1.82, 2.24) is 15.2 Å². The number of halogens is 1. The largest absolute Gasteiger partial charge is 0.325 e. The van der Waals surface area contributed by atoms with Crippen LogP contribution in [0.5, 0.6) is 0 Å². The molecule has 0 unspecified atom stereocenters. The first-order valence-corrected chi connectivity index (χ1v) is 4.94. The van der Waals surface area contributed by atoms with Crippen LogP contribution in [0.2, 0.25) is 0 Å². The maximum Gasteiger partial charge on any atom is 0.0939 e. The lowest BCUT2D eigenvalue weighted by molar-refractivity contribution is 0.948. The minimum absolute atomic E-state index is 0.467. The van der Waals surface area contributed by atoms with Crippen molar-refractivity contribution < 1.29 is 0 Å². The fourth-order valence-electron chi connectivity index (χ4n) is 1.17. The van der Waals surface area contributed by atoms with Gasteiger partial charge in [-0.3, -0.25) is 10.1 Å². The van der Waals surface area contributed by atoms with Gasteiger partial charge in [-0.2, -0.15) is 5.10 Å². The van der Waals surface area contributed by atoms with Gasteiger partial charge in [0.1, 0.15) is 0 Å². The number of hydrogen-bond donors (Lipinski definition) is 2. The number of aromatic amines is 1. The predicted molar refractivity (Wildman–Crippen MR) is 57.4 cm³/mol. The molecule has 0 aliphatic carbocycles. The molecule has 2 aromatic heterocycles. The summed E-state index contributed by atoms with van der Waals surface area (Å²) in [5, 5.41) is 6.99. The van der Waals surface area contributed by atoms with Crippen LogP contribution in [0.3, 0.4) is 0 Å². The second kappa shape index (κ2) is 3.89.